The van der Waals surface area contributed by atoms with Gasteiger partial charge in [-0.15, -0.1) is 0 Å². The third-order valence-corrected chi connectivity index (χ3v) is 2.69. The maximum Gasteiger partial charge on any atom is 0.257 e. The first-order chi connectivity index (χ1) is 8.56. The first-order valence-corrected chi connectivity index (χ1v) is 5.73. The van der Waals surface area contributed by atoms with E-state index >= 15 is 0 Å². The molecule has 18 heavy (non-hydrogen) atoms. The van der Waals surface area contributed by atoms with Gasteiger partial charge < -0.3 is 11.1 Å². The predicted molar refractivity (Wildman–Crippen MR) is 72.8 cm³/mol. The van der Waals surface area contributed by atoms with Crippen LogP contribution in [0.2, 0.25) is 5.02 Å². The standard InChI is InChI=1S/C13H12ClN3O/c1-8-6-10(15)2-3-11(8)13(18)17-12-7-9(14)4-5-16-12/h2-7H,15H2,1H3,(H,16,17,18). The highest BCUT2D eigenvalue weighted by atomic mass is 35.5. The lowest BCUT2D eigenvalue weighted by molar-refractivity contribution is 0.102. The van der Waals surface area contributed by atoms with Crippen LogP contribution in [0.3, 0.4) is 0 Å². The number of carbonyl (C=O) groups excluding carboxylic acids is 1. The van der Waals surface area contributed by atoms with E-state index in [-0.39, 0.29) is 5.91 Å². The van der Waals surface area contributed by atoms with E-state index in [0.717, 1.165) is 5.56 Å². The Morgan fingerprint density at radius 2 is 2.11 bits per heavy atom. The lowest BCUT2D eigenvalue weighted by atomic mass is 10.1. The summed E-state index contributed by atoms with van der Waals surface area (Å²) in [5.41, 5.74) is 7.64. The summed E-state index contributed by atoms with van der Waals surface area (Å²) in [7, 11) is 0. The first-order valence-electron chi connectivity index (χ1n) is 5.35. The molecule has 0 radical (unpaired) electrons. The number of nitrogen functional groups attached to an aromatic ring is 1. The molecule has 0 aliphatic heterocycles. The zero-order valence-corrected chi connectivity index (χ0v) is 10.5. The molecule has 0 aliphatic carbocycles. The van der Waals surface area contributed by atoms with Crippen LogP contribution in [0.1, 0.15) is 15.9 Å². The fourth-order valence-electron chi connectivity index (χ4n) is 1.60. The van der Waals surface area contributed by atoms with Gasteiger partial charge >= 0.3 is 0 Å². The summed E-state index contributed by atoms with van der Waals surface area (Å²) in [5, 5.41) is 3.21. The molecule has 92 valence electrons. The SMILES string of the molecule is Cc1cc(N)ccc1C(=O)Nc1cc(Cl)ccn1. The molecule has 1 aromatic heterocycles. The van der Waals surface area contributed by atoms with E-state index in [1.54, 1.807) is 30.3 Å². The van der Waals surface area contributed by atoms with Gasteiger partial charge in [0, 0.05) is 22.5 Å². The molecule has 5 heteroatoms. The third kappa shape index (κ3) is 2.78. The van der Waals surface area contributed by atoms with E-state index in [1.807, 2.05) is 6.92 Å². The Bertz CT molecular complexity index is 599. The van der Waals surface area contributed by atoms with Crippen LogP contribution >= 0.6 is 11.6 Å². The topological polar surface area (TPSA) is 68.0 Å². The molecule has 0 saturated carbocycles. The number of halogens is 1. The van der Waals surface area contributed by atoms with Crippen LogP contribution in [0.5, 0.6) is 0 Å². The molecule has 0 atom stereocenters. The molecular weight excluding hydrogens is 250 g/mol. The van der Waals surface area contributed by atoms with Crippen LogP contribution in [0.15, 0.2) is 36.5 Å². The first kappa shape index (κ1) is 12.4. The number of anilines is 2. The summed E-state index contributed by atoms with van der Waals surface area (Å²) in [6.45, 7) is 1.83. The minimum atomic E-state index is -0.234. The quantitative estimate of drug-likeness (QED) is 0.817. The summed E-state index contributed by atoms with van der Waals surface area (Å²) in [6, 6.07) is 8.36. The van der Waals surface area contributed by atoms with Crippen molar-refractivity contribution < 1.29 is 4.79 Å². The highest BCUT2D eigenvalue weighted by molar-refractivity contribution is 6.30. The van der Waals surface area contributed by atoms with Gasteiger partial charge in [-0.3, -0.25) is 4.79 Å². The van der Waals surface area contributed by atoms with Gasteiger partial charge in [-0.25, -0.2) is 4.98 Å². The molecule has 1 heterocycles. The van der Waals surface area contributed by atoms with Crippen molar-refractivity contribution in [2.24, 2.45) is 0 Å². The fourth-order valence-corrected chi connectivity index (χ4v) is 1.76. The van der Waals surface area contributed by atoms with E-state index in [0.29, 0.717) is 22.1 Å². The summed E-state index contributed by atoms with van der Waals surface area (Å²) in [5.74, 6) is 0.186. The summed E-state index contributed by atoms with van der Waals surface area (Å²) < 4.78 is 0. The lowest BCUT2D eigenvalue weighted by Gasteiger charge is -2.07. The molecule has 0 fully saturated rings. The van der Waals surface area contributed by atoms with E-state index in [2.05, 4.69) is 10.3 Å². The predicted octanol–water partition coefficient (Wildman–Crippen LogP) is 2.88. The second kappa shape index (κ2) is 5.06. The van der Waals surface area contributed by atoms with Crippen molar-refractivity contribution in [1.82, 2.24) is 4.98 Å². The molecule has 4 nitrogen and oxygen atoms in total. The smallest absolute Gasteiger partial charge is 0.257 e. The number of nitrogens with two attached hydrogens (primary N) is 1. The van der Waals surface area contributed by atoms with Crippen LogP contribution in [0.4, 0.5) is 11.5 Å². The van der Waals surface area contributed by atoms with Gasteiger partial charge in [-0.05, 0) is 42.8 Å². The van der Waals surface area contributed by atoms with Crippen molar-refractivity contribution in [2.75, 3.05) is 11.1 Å². The molecule has 2 rings (SSSR count). The summed E-state index contributed by atoms with van der Waals surface area (Å²) in [4.78, 5) is 16.0. The van der Waals surface area contributed by atoms with Crippen LogP contribution in [-0.2, 0) is 0 Å². The molecule has 1 aromatic carbocycles. The van der Waals surface area contributed by atoms with Gasteiger partial charge in [0.25, 0.3) is 5.91 Å². The highest BCUT2D eigenvalue weighted by Gasteiger charge is 2.10. The molecule has 0 unspecified atom stereocenters. The number of hydrogen-bond donors (Lipinski definition) is 2. The largest absolute Gasteiger partial charge is 0.399 e. The maximum atomic E-state index is 12.0. The fraction of sp³-hybridized carbons (Fsp3) is 0.0769. The number of pyridine rings is 1. The van der Waals surface area contributed by atoms with E-state index in [4.69, 9.17) is 17.3 Å². The van der Waals surface area contributed by atoms with Gasteiger partial charge in [-0.2, -0.15) is 0 Å². The second-order valence-electron chi connectivity index (χ2n) is 3.89. The number of nitrogens with zero attached hydrogens (tertiary/aromatic N) is 1. The molecule has 2 aromatic rings. The Balaban J connectivity index is 2.22. The van der Waals surface area contributed by atoms with Crippen LogP contribution in [0, 0.1) is 6.92 Å². The van der Waals surface area contributed by atoms with Crippen molar-refractivity contribution in [3.63, 3.8) is 0 Å². The highest BCUT2D eigenvalue weighted by Crippen LogP contribution is 2.16. The van der Waals surface area contributed by atoms with Crippen molar-refractivity contribution >= 4 is 29.0 Å². The van der Waals surface area contributed by atoms with E-state index in [1.165, 1.54) is 6.20 Å². The average Bonchev–Trinajstić information content (AvgIpc) is 2.28. The summed E-state index contributed by atoms with van der Waals surface area (Å²) >= 11 is 5.82. The zero-order valence-electron chi connectivity index (χ0n) is 9.77. The molecule has 3 N–H and O–H groups in total. The van der Waals surface area contributed by atoms with Crippen LogP contribution < -0.4 is 11.1 Å². The minimum absolute atomic E-state index is 0.234. The van der Waals surface area contributed by atoms with Gasteiger partial charge in [0.05, 0.1) is 0 Å². The second-order valence-corrected chi connectivity index (χ2v) is 4.32. The van der Waals surface area contributed by atoms with Crippen molar-refractivity contribution in [1.29, 1.82) is 0 Å². The number of hydrogen-bond acceptors (Lipinski definition) is 3. The molecule has 0 aliphatic rings. The van der Waals surface area contributed by atoms with Crippen molar-refractivity contribution in [3.05, 3.63) is 52.7 Å². The van der Waals surface area contributed by atoms with Crippen molar-refractivity contribution in [2.45, 2.75) is 6.92 Å². The number of benzene rings is 1. The average molecular weight is 262 g/mol. The van der Waals surface area contributed by atoms with Gasteiger partial charge in [0.2, 0.25) is 0 Å². The number of rotatable bonds is 2. The van der Waals surface area contributed by atoms with E-state index in [9.17, 15) is 4.79 Å². The number of aromatic nitrogens is 1. The third-order valence-electron chi connectivity index (χ3n) is 2.46. The zero-order chi connectivity index (χ0) is 13.1. The normalized spacial score (nSPS) is 10.1. The lowest BCUT2D eigenvalue weighted by Crippen LogP contribution is -2.14. The Labute approximate surface area is 110 Å². The van der Waals surface area contributed by atoms with Gasteiger partial charge in [-0.1, -0.05) is 11.6 Å². The Morgan fingerprint density at radius 1 is 1.33 bits per heavy atom. The molecule has 0 spiro atoms. The van der Waals surface area contributed by atoms with Crippen LogP contribution in [-0.4, -0.2) is 10.9 Å². The van der Waals surface area contributed by atoms with Crippen LogP contribution in [0.25, 0.3) is 0 Å². The Hall–Kier alpha value is -2.07. The Kier molecular flexibility index (Phi) is 3.48. The molecule has 0 bridgehead atoms. The number of nitrogens with one attached hydrogen (secondary N) is 1. The molecule has 1 amide bonds. The van der Waals surface area contributed by atoms with Gasteiger partial charge in [0.15, 0.2) is 0 Å². The number of aryl methyl sites for hydroxylation is 1. The Morgan fingerprint density at radius 3 is 2.78 bits per heavy atom. The molecule has 0 saturated heterocycles. The maximum absolute atomic E-state index is 12.0. The van der Waals surface area contributed by atoms with Crippen molar-refractivity contribution in [3.8, 4) is 0 Å². The minimum Gasteiger partial charge on any atom is -0.399 e. The summed E-state index contributed by atoms with van der Waals surface area (Å²) in [6.07, 6.45) is 1.54. The molecular formula is C13H12ClN3O. The number of carbonyl (C=O) groups is 1. The van der Waals surface area contributed by atoms with Gasteiger partial charge in [0.1, 0.15) is 5.82 Å². The monoisotopic (exact) mass is 261 g/mol. The number of amides is 1. The van der Waals surface area contributed by atoms with E-state index < -0.39 is 0 Å².